The van der Waals surface area contributed by atoms with Crippen LogP contribution < -0.4 is 0 Å². The van der Waals surface area contributed by atoms with Gasteiger partial charge in [0.25, 0.3) is 0 Å². The molecular weight excluding hydrogens is 316 g/mol. The molecule has 24 heavy (non-hydrogen) atoms. The minimum Gasteiger partial charge on any atom is -0.455 e. The van der Waals surface area contributed by atoms with Crippen molar-refractivity contribution < 1.29 is 4.42 Å². The average molecular weight is 329 g/mol. The third-order valence-electron chi connectivity index (χ3n) is 4.54. The maximum Gasteiger partial charge on any atom is 0.143 e. The van der Waals surface area contributed by atoms with Gasteiger partial charge in [0, 0.05) is 21.2 Å². The third kappa shape index (κ3) is 2.02. The lowest BCUT2D eigenvalue weighted by atomic mass is 10.00. The lowest BCUT2D eigenvalue weighted by Gasteiger charge is -2.05. The molecule has 5 rings (SSSR count). The number of para-hydroxylation sites is 1. The van der Waals surface area contributed by atoms with Crippen LogP contribution in [0.3, 0.4) is 0 Å². The Kier molecular flexibility index (Phi) is 2.91. The molecule has 5 aromatic rings. The van der Waals surface area contributed by atoms with Crippen molar-refractivity contribution >= 4 is 44.3 Å². The molecule has 1 aromatic heterocycles. The molecule has 1 heterocycles. The summed E-state index contributed by atoms with van der Waals surface area (Å²) in [5, 5.41) is 5.40. The highest BCUT2D eigenvalue weighted by molar-refractivity contribution is 6.30. The largest absolute Gasteiger partial charge is 0.455 e. The second-order valence-corrected chi connectivity index (χ2v) is 6.42. The number of rotatable bonds is 1. The van der Waals surface area contributed by atoms with Gasteiger partial charge in [-0.25, -0.2) is 0 Å². The fourth-order valence-electron chi connectivity index (χ4n) is 3.33. The zero-order valence-electron chi connectivity index (χ0n) is 12.8. The van der Waals surface area contributed by atoms with Gasteiger partial charge in [-0.3, -0.25) is 0 Å². The van der Waals surface area contributed by atoms with E-state index in [1.54, 1.807) is 0 Å². The van der Waals surface area contributed by atoms with Gasteiger partial charge in [-0.05, 0) is 52.9 Å². The summed E-state index contributed by atoms with van der Waals surface area (Å²) in [6.07, 6.45) is 0. The maximum atomic E-state index is 6.11. The van der Waals surface area contributed by atoms with Crippen molar-refractivity contribution in [2.75, 3.05) is 0 Å². The summed E-state index contributed by atoms with van der Waals surface area (Å²) in [6, 6.07) is 26.9. The van der Waals surface area contributed by atoms with Crippen molar-refractivity contribution in [2.45, 2.75) is 0 Å². The van der Waals surface area contributed by atoms with E-state index < -0.39 is 0 Å². The molecule has 114 valence electrons. The summed E-state index contributed by atoms with van der Waals surface area (Å²) >= 11 is 5.99. The molecule has 0 saturated heterocycles. The maximum absolute atomic E-state index is 6.11. The average Bonchev–Trinajstić information content (AvgIpc) is 3.01. The van der Waals surface area contributed by atoms with Gasteiger partial charge < -0.3 is 4.42 Å². The molecule has 2 heteroatoms. The SMILES string of the molecule is Clc1ccc(-c2ccc3c(ccc4c5ccccc5oc34)c2)cc1. The molecule has 0 radical (unpaired) electrons. The first-order chi connectivity index (χ1) is 11.8. The van der Waals surface area contributed by atoms with Gasteiger partial charge in [-0.15, -0.1) is 0 Å². The number of hydrogen-bond donors (Lipinski definition) is 0. The summed E-state index contributed by atoms with van der Waals surface area (Å²) in [6.45, 7) is 0. The highest BCUT2D eigenvalue weighted by Crippen LogP contribution is 2.35. The van der Waals surface area contributed by atoms with Gasteiger partial charge in [0.15, 0.2) is 0 Å². The van der Waals surface area contributed by atoms with E-state index in [9.17, 15) is 0 Å². The first-order valence-corrected chi connectivity index (χ1v) is 8.27. The fraction of sp³-hybridized carbons (Fsp3) is 0. The van der Waals surface area contributed by atoms with Crippen molar-refractivity contribution in [2.24, 2.45) is 0 Å². The minimum absolute atomic E-state index is 0.753. The Morgan fingerprint density at radius 2 is 1.38 bits per heavy atom. The Morgan fingerprint density at radius 1 is 0.625 bits per heavy atom. The second-order valence-electron chi connectivity index (χ2n) is 5.98. The topological polar surface area (TPSA) is 13.1 Å². The van der Waals surface area contributed by atoms with Crippen molar-refractivity contribution in [3.63, 3.8) is 0 Å². The molecule has 4 aromatic carbocycles. The van der Waals surface area contributed by atoms with Gasteiger partial charge in [0.2, 0.25) is 0 Å². The Labute approximate surface area is 144 Å². The normalized spacial score (nSPS) is 11.5. The molecule has 0 aliphatic heterocycles. The third-order valence-corrected chi connectivity index (χ3v) is 4.79. The van der Waals surface area contributed by atoms with E-state index in [1.807, 2.05) is 42.5 Å². The molecule has 0 N–H and O–H groups in total. The van der Waals surface area contributed by atoms with E-state index in [1.165, 1.54) is 10.9 Å². The molecule has 1 nitrogen and oxygen atoms in total. The van der Waals surface area contributed by atoms with Crippen LogP contribution in [-0.2, 0) is 0 Å². The predicted octanol–water partition coefficient (Wildman–Crippen LogP) is 7.06. The quantitative estimate of drug-likeness (QED) is 0.321. The number of benzene rings is 4. The van der Waals surface area contributed by atoms with E-state index in [0.29, 0.717) is 0 Å². The van der Waals surface area contributed by atoms with Gasteiger partial charge in [-0.2, -0.15) is 0 Å². The van der Waals surface area contributed by atoms with Gasteiger partial charge in [0.1, 0.15) is 11.2 Å². The van der Waals surface area contributed by atoms with E-state index in [4.69, 9.17) is 16.0 Å². The molecule has 0 aliphatic carbocycles. The van der Waals surface area contributed by atoms with E-state index in [2.05, 4.69) is 36.4 Å². The summed E-state index contributed by atoms with van der Waals surface area (Å²) in [7, 11) is 0. The van der Waals surface area contributed by atoms with Gasteiger partial charge >= 0.3 is 0 Å². The summed E-state index contributed by atoms with van der Waals surface area (Å²) in [5.74, 6) is 0. The van der Waals surface area contributed by atoms with Crippen LogP contribution in [0.2, 0.25) is 5.02 Å². The number of hydrogen-bond acceptors (Lipinski definition) is 1. The highest BCUT2D eigenvalue weighted by Gasteiger charge is 2.10. The molecular formula is C22H13ClO. The van der Waals surface area contributed by atoms with Crippen LogP contribution in [0.4, 0.5) is 0 Å². The molecule has 0 aliphatic rings. The van der Waals surface area contributed by atoms with Crippen LogP contribution in [0.1, 0.15) is 0 Å². The number of halogens is 1. The second kappa shape index (κ2) is 5.12. The Hall–Kier alpha value is -2.77. The van der Waals surface area contributed by atoms with Crippen molar-refractivity contribution in [1.29, 1.82) is 0 Å². The highest BCUT2D eigenvalue weighted by atomic mass is 35.5. The van der Waals surface area contributed by atoms with Gasteiger partial charge in [-0.1, -0.05) is 54.1 Å². The first-order valence-electron chi connectivity index (χ1n) is 7.89. The molecule has 0 saturated carbocycles. The van der Waals surface area contributed by atoms with Crippen molar-refractivity contribution in [3.8, 4) is 11.1 Å². The van der Waals surface area contributed by atoms with Crippen LogP contribution >= 0.6 is 11.6 Å². The first kappa shape index (κ1) is 13.6. The van der Waals surface area contributed by atoms with Crippen molar-refractivity contribution in [3.05, 3.63) is 83.9 Å². The summed E-state index contributed by atoms with van der Waals surface area (Å²) in [4.78, 5) is 0. The van der Waals surface area contributed by atoms with Gasteiger partial charge in [0.05, 0.1) is 0 Å². The molecule has 0 unspecified atom stereocenters. The molecule has 0 amide bonds. The minimum atomic E-state index is 0.753. The fourth-order valence-corrected chi connectivity index (χ4v) is 3.46. The zero-order chi connectivity index (χ0) is 16.1. The Balaban J connectivity index is 1.77. The van der Waals surface area contributed by atoms with Crippen LogP contribution in [0.5, 0.6) is 0 Å². The van der Waals surface area contributed by atoms with Crippen LogP contribution in [0.25, 0.3) is 43.8 Å². The van der Waals surface area contributed by atoms with Crippen LogP contribution in [0, 0.1) is 0 Å². The summed E-state index contributed by atoms with van der Waals surface area (Å²) < 4.78 is 6.11. The van der Waals surface area contributed by atoms with Crippen LogP contribution in [0.15, 0.2) is 83.3 Å². The lowest BCUT2D eigenvalue weighted by Crippen LogP contribution is -1.80. The molecule has 0 atom stereocenters. The lowest BCUT2D eigenvalue weighted by molar-refractivity contribution is 0.672. The van der Waals surface area contributed by atoms with E-state index >= 15 is 0 Å². The standard InChI is InChI=1S/C22H13ClO/c23-17-9-5-14(6-10-17)15-7-11-18-16(13-15)8-12-20-19-3-1-2-4-21(19)24-22(18)20/h1-13H. The molecule has 0 fully saturated rings. The predicted molar refractivity (Wildman–Crippen MR) is 102 cm³/mol. The Bertz CT molecular complexity index is 1200. The zero-order valence-corrected chi connectivity index (χ0v) is 13.5. The Morgan fingerprint density at radius 3 is 2.25 bits per heavy atom. The number of fused-ring (bicyclic) bond motifs is 5. The molecule has 0 spiro atoms. The van der Waals surface area contributed by atoms with Crippen molar-refractivity contribution in [1.82, 2.24) is 0 Å². The smallest absolute Gasteiger partial charge is 0.143 e. The van der Waals surface area contributed by atoms with E-state index in [-0.39, 0.29) is 0 Å². The monoisotopic (exact) mass is 328 g/mol. The molecule has 0 bridgehead atoms. The van der Waals surface area contributed by atoms with E-state index in [0.717, 1.165) is 37.9 Å². The summed E-state index contributed by atoms with van der Waals surface area (Å²) in [5.41, 5.74) is 4.22. The number of furan rings is 1. The van der Waals surface area contributed by atoms with Crippen LogP contribution in [-0.4, -0.2) is 0 Å².